The van der Waals surface area contributed by atoms with Crippen LogP contribution in [0.2, 0.25) is 0 Å². The molecule has 2 heterocycles. The van der Waals surface area contributed by atoms with Crippen LogP contribution in [0.4, 0.5) is 0 Å². The topological polar surface area (TPSA) is 47.9 Å². The number of halogens is 1. The number of fused-ring (bicyclic) bond motifs is 1. The van der Waals surface area contributed by atoms with Gasteiger partial charge >= 0.3 is 0 Å². The molecule has 1 saturated heterocycles. The lowest BCUT2D eigenvalue weighted by molar-refractivity contribution is -0.265. The van der Waals surface area contributed by atoms with Crippen LogP contribution >= 0.6 is 15.9 Å². The molecule has 1 N–H and O–H groups in total. The number of aliphatic hydroxyl groups excluding tert-OH is 1. The molecule has 1 aromatic carbocycles. The van der Waals surface area contributed by atoms with E-state index < -0.39 is 5.79 Å². The molecule has 0 spiro atoms. The van der Waals surface area contributed by atoms with E-state index in [0.717, 1.165) is 27.8 Å². The van der Waals surface area contributed by atoms with Crippen molar-refractivity contribution in [1.82, 2.24) is 0 Å². The van der Waals surface area contributed by atoms with Crippen molar-refractivity contribution in [2.24, 2.45) is 0 Å². The fraction of sp³-hybridized carbons (Fsp3) is 0.571. The molecular formula is C14H17BrO4. The molecule has 104 valence electrons. The highest BCUT2D eigenvalue weighted by molar-refractivity contribution is 9.10. The zero-order valence-electron chi connectivity index (χ0n) is 10.8. The van der Waals surface area contributed by atoms with Gasteiger partial charge in [-0.15, -0.1) is 0 Å². The highest BCUT2D eigenvalue weighted by Gasteiger charge is 2.38. The lowest BCUT2D eigenvalue weighted by Crippen LogP contribution is -2.35. The smallest absolute Gasteiger partial charge is 0.195 e. The number of hydrogen-bond donors (Lipinski definition) is 1. The van der Waals surface area contributed by atoms with Crippen LogP contribution in [0.1, 0.15) is 24.5 Å². The van der Waals surface area contributed by atoms with Crippen molar-refractivity contribution in [1.29, 1.82) is 0 Å². The summed E-state index contributed by atoms with van der Waals surface area (Å²) in [5.41, 5.74) is 1.98. The Bertz CT molecular complexity index is 483. The van der Waals surface area contributed by atoms with Crippen LogP contribution in [0.25, 0.3) is 0 Å². The van der Waals surface area contributed by atoms with Crippen molar-refractivity contribution in [3.63, 3.8) is 0 Å². The van der Waals surface area contributed by atoms with Gasteiger partial charge in [-0.3, -0.25) is 0 Å². The summed E-state index contributed by atoms with van der Waals surface area (Å²) in [6.45, 7) is 3.31. The fourth-order valence-corrected chi connectivity index (χ4v) is 3.09. The minimum absolute atomic E-state index is 0.0129. The number of hydrogen-bond acceptors (Lipinski definition) is 4. The first kappa shape index (κ1) is 13.4. The van der Waals surface area contributed by atoms with E-state index in [4.69, 9.17) is 14.2 Å². The average molecular weight is 329 g/mol. The van der Waals surface area contributed by atoms with Crippen molar-refractivity contribution in [3.05, 3.63) is 27.7 Å². The Labute approximate surface area is 120 Å². The van der Waals surface area contributed by atoms with E-state index in [1.165, 1.54) is 0 Å². The zero-order chi connectivity index (χ0) is 13.5. The van der Waals surface area contributed by atoms with Gasteiger partial charge in [0.1, 0.15) is 11.9 Å². The highest BCUT2D eigenvalue weighted by Crippen LogP contribution is 2.44. The van der Waals surface area contributed by atoms with Crippen LogP contribution < -0.4 is 4.74 Å². The first-order chi connectivity index (χ1) is 9.14. The lowest BCUT2D eigenvalue weighted by atomic mass is 10.0. The highest BCUT2D eigenvalue weighted by atomic mass is 79.9. The minimum Gasteiger partial charge on any atom is -0.487 e. The molecular weight excluding hydrogens is 312 g/mol. The summed E-state index contributed by atoms with van der Waals surface area (Å²) in [6, 6.07) is 3.96. The molecule has 0 aliphatic carbocycles. The predicted octanol–water partition coefficient (Wildman–Crippen LogP) is 2.35. The Kier molecular flexibility index (Phi) is 3.55. The second kappa shape index (κ2) is 5.05. The molecule has 1 unspecified atom stereocenters. The van der Waals surface area contributed by atoms with Gasteiger partial charge in [-0.25, -0.2) is 0 Å². The Hall–Kier alpha value is -0.620. The molecule has 0 bridgehead atoms. The van der Waals surface area contributed by atoms with Crippen molar-refractivity contribution in [3.8, 4) is 5.75 Å². The standard InChI is InChI=1S/C14H17BrO4/c1-14(17-5-2-6-18-14)11-3-4-12(15)10-7-9(8-16)19-13(10)11/h3-4,9,16H,2,5-8H2,1H3. The summed E-state index contributed by atoms with van der Waals surface area (Å²) in [7, 11) is 0. The summed E-state index contributed by atoms with van der Waals surface area (Å²) in [4.78, 5) is 0. The van der Waals surface area contributed by atoms with Crippen LogP contribution in [0.3, 0.4) is 0 Å². The molecule has 5 heteroatoms. The number of benzene rings is 1. The molecule has 0 aromatic heterocycles. The molecule has 4 nitrogen and oxygen atoms in total. The monoisotopic (exact) mass is 328 g/mol. The molecule has 0 amide bonds. The van der Waals surface area contributed by atoms with Gasteiger partial charge in [-0.2, -0.15) is 0 Å². The normalized spacial score (nSPS) is 24.9. The maximum absolute atomic E-state index is 9.29. The van der Waals surface area contributed by atoms with E-state index in [2.05, 4.69) is 15.9 Å². The zero-order valence-corrected chi connectivity index (χ0v) is 12.4. The first-order valence-electron chi connectivity index (χ1n) is 6.51. The van der Waals surface area contributed by atoms with Gasteiger partial charge in [0.25, 0.3) is 0 Å². The van der Waals surface area contributed by atoms with Crippen LogP contribution in [-0.4, -0.2) is 31.0 Å². The molecule has 1 atom stereocenters. The van der Waals surface area contributed by atoms with Crippen molar-refractivity contribution >= 4 is 15.9 Å². The summed E-state index contributed by atoms with van der Waals surface area (Å²) < 4.78 is 18.5. The van der Waals surface area contributed by atoms with E-state index in [0.29, 0.717) is 19.6 Å². The average Bonchev–Trinajstić information content (AvgIpc) is 2.84. The van der Waals surface area contributed by atoms with Gasteiger partial charge in [0.05, 0.1) is 25.4 Å². The Morgan fingerprint density at radius 3 is 2.79 bits per heavy atom. The molecule has 0 saturated carbocycles. The second-order valence-corrected chi connectivity index (χ2v) is 5.88. The van der Waals surface area contributed by atoms with Gasteiger partial charge in [0.15, 0.2) is 5.79 Å². The van der Waals surface area contributed by atoms with Crippen LogP contribution in [0, 0.1) is 0 Å². The maximum atomic E-state index is 9.29. The van der Waals surface area contributed by atoms with Gasteiger partial charge < -0.3 is 19.3 Å². The molecule has 1 aromatic rings. The number of ether oxygens (including phenoxy) is 3. The van der Waals surface area contributed by atoms with Crippen molar-refractivity contribution in [2.45, 2.75) is 31.7 Å². The molecule has 19 heavy (non-hydrogen) atoms. The molecule has 3 rings (SSSR count). The van der Waals surface area contributed by atoms with Crippen LogP contribution in [0.5, 0.6) is 5.75 Å². The molecule has 0 radical (unpaired) electrons. The van der Waals surface area contributed by atoms with Gasteiger partial charge in [-0.05, 0) is 25.5 Å². The van der Waals surface area contributed by atoms with Crippen molar-refractivity contribution < 1.29 is 19.3 Å². The van der Waals surface area contributed by atoms with E-state index in [9.17, 15) is 5.11 Å². The largest absolute Gasteiger partial charge is 0.487 e. The summed E-state index contributed by atoms with van der Waals surface area (Å²) >= 11 is 3.54. The summed E-state index contributed by atoms with van der Waals surface area (Å²) in [5.74, 6) is 0.0331. The third-order valence-electron chi connectivity index (χ3n) is 3.66. The molecule has 2 aliphatic rings. The predicted molar refractivity (Wildman–Crippen MR) is 73.2 cm³/mol. The number of rotatable bonds is 2. The van der Waals surface area contributed by atoms with Gasteiger partial charge in [-0.1, -0.05) is 15.9 Å². The molecule has 1 fully saturated rings. The van der Waals surface area contributed by atoms with Crippen LogP contribution in [-0.2, 0) is 21.7 Å². The second-order valence-electron chi connectivity index (χ2n) is 5.03. The molecule has 2 aliphatic heterocycles. The maximum Gasteiger partial charge on any atom is 0.195 e. The first-order valence-corrected chi connectivity index (χ1v) is 7.30. The third kappa shape index (κ3) is 2.29. The lowest BCUT2D eigenvalue weighted by Gasteiger charge is -2.35. The minimum atomic E-state index is -0.757. The fourth-order valence-electron chi connectivity index (χ4n) is 2.61. The SMILES string of the molecule is CC1(c2ccc(Br)c3c2OC(CO)C3)OCCCO1. The van der Waals surface area contributed by atoms with Gasteiger partial charge in [0.2, 0.25) is 0 Å². The van der Waals surface area contributed by atoms with Crippen LogP contribution in [0.15, 0.2) is 16.6 Å². The Balaban J connectivity index is 2.02. The van der Waals surface area contributed by atoms with E-state index in [-0.39, 0.29) is 12.7 Å². The number of aliphatic hydroxyl groups is 1. The van der Waals surface area contributed by atoms with E-state index in [1.54, 1.807) is 0 Å². The van der Waals surface area contributed by atoms with Crippen molar-refractivity contribution in [2.75, 3.05) is 19.8 Å². The quantitative estimate of drug-likeness (QED) is 0.905. The Morgan fingerprint density at radius 2 is 2.11 bits per heavy atom. The van der Waals surface area contributed by atoms with E-state index in [1.807, 2.05) is 19.1 Å². The van der Waals surface area contributed by atoms with Gasteiger partial charge in [0, 0.05) is 16.5 Å². The van der Waals surface area contributed by atoms with E-state index >= 15 is 0 Å². The summed E-state index contributed by atoms with van der Waals surface area (Å²) in [5, 5.41) is 9.29. The summed E-state index contributed by atoms with van der Waals surface area (Å²) in [6.07, 6.45) is 1.43. The Morgan fingerprint density at radius 1 is 1.37 bits per heavy atom. The third-order valence-corrected chi connectivity index (χ3v) is 4.40.